The fourth-order valence-corrected chi connectivity index (χ4v) is 4.25. The molecule has 0 aliphatic carbocycles. The van der Waals surface area contributed by atoms with Gasteiger partial charge in [-0.3, -0.25) is 14.5 Å². The summed E-state index contributed by atoms with van der Waals surface area (Å²) in [6.07, 6.45) is -0.872. The maximum absolute atomic E-state index is 13.6. The zero-order valence-corrected chi connectivity index (χ0v) is 18.9. The Labute approximate surface area is 190 Å². The number of fused-ring (bicyclic) bond motifs is 1. The van der Waals surface area contributed by atoms with Gasteiger partial charge >= 0.3 is 6.18 Å². The first-order valence-electron chi connectivity index (χ1n) is 11.0. The van der Waals surface area contributed by atoms with Crippen molar-refractivity contribution >= 4 is 10.9 Å². The smallest absolute Gasteiger partial charge is 0.417 e. The Balaban J connectivity index is 1.62. The molecule has 4 rings (SSSR count). The van der Waals surface area contributed by atoms with Gasteiger partial charge in [-0.05, 0) is 57.0 Å². The number of aromatic hydroxyl groups is 1. The number of pyridine rings is 1. The van der Waals surface area contributed by atoms with Crippen LogP contribution in [0.15, 0.2) is 30.5 Å². The average molecular weight is 464 g/mol. The highest BCUT2D eigenvalue weighted by Crippen LogP contribution is 2.41. The Morgan fingerprint density at radius 2 is 1.88 bits per heavy atom. The molecule has 2 aromatic heterocycles. The van der Waals surface area contributed by atoms with E-state index < -0.39 is 17.6 Å². The highest BCUT2D eigenvalue weighted by atomic mass is 19.4. The number of nitrogens with zero attached hydrogens (tertiary/aromatic N) is 3. The molecule has 0 atom stereocenters. The van der Waals surface area contributed by atoms with Crippen LogP contribution in [-0.4, -0.2) is 52.9 Å². The lowest BCUT2D eigenvalue weighted by atomic mass is 9.99. The van der Waals surface area contributed by atoms with Crippen molar-refractivity contribution in [1.82, 2.24) is 14.5 Å². The van der Waals surface area contributed by atoms with E-state index in [9.17, 15) is 18.3 Å². The Morgan fingerprint density at radius 3 is 2.55 bits per heavy atom. The molecule has 1 saturated heterocycles. The summed E-state index contributed by atoms with van der Waals surface area (Å²) in [5, 5.41) is 10.4. The van der Waals surface area contributed by atoms with Crippen molar-refractivity contribution in [1.29, 1.82) is 0 Å². The Hall–Kier alpha value is -2.94. The lowest BCUT2D eigenvalue weighted by Gasteiger charge is -2.30. The number of benzene rings is 1. The zero-order valence-electron chi connectivity index (χ0n) is 18.9. The summed E-state index contributed by atoms with van der Waals surface area (Å²) in [6.45, 7) is 7.06. The van der Waals surface area contributed by atoms with Gasteiger partial charge in [0.2, 0.25) is 5.88 Å². The molecule has 3 heterocycles. The van der Waals surface area contributed by atoms with Crippen LogP contribution in [0.2, 0.25) is 0 Å². The first-order chi connectivity index (χ1) is 15.7. The van der Waals surface area contributed by atoms with E-state index in [1.807, 2.05) is 0 Å². The van der Waals surface area contributed by atoms with Gasteiger partial charge in [0.1, 0.15) is 6.61 Å². The molecule has 1 N–H and O–H groups in total. The molecule has 0 spiro atoms. The van der Waals surface area contributed by atoms with Crippen LogP contribution in [0.3, 0.4) is 0 Å². The second-order valence-electron chi connectivity index (χ2n) is 8.60. The second-order valence-corrected chi connectivity index (χ2v) is 8.60. The maximum Gasteiger partial charge on any atom is 0.417 e. The molecule has 1 aliphatic rings. The fourth-order valence-electron chi connectivity index (χ4n) is 4.25. The number of hydrogen-bond donors (Lipinski definition) is 1. The van der Waals surface area contributed by atoms with Gasteiger partial charge in [0.25, 0.3) is 0 Å². The predicted molar refractivity (Wildman–Crippen MR) is 119 cm³/mol. The van der Waals surface area contributed by atoms with Crippen LogP contribution < -0.4 is 9.47 Å². The van der Waals surface area contributed by atoms with Crippen LogP contribution in [-0.2, 0) is 6.18 Å². The number of hydrogen-bond acceptors (Lipinski definition) is 5. The molecule has 3 aromatic rings. The van der Waals surface area contributed by atoms with Gasteiger partial charge in [0, 0.05) is 24.5 Å². The third-order valence-corrected chi connectivity index (χ3v) is 6.15. The van der Waals surface area contributed by atoms with E-state index in [0.29, 0.717) is 23.8 Å². The van der Waals surface area contributed by atoms with Crippen molar-refractivity contribution in [2.45, 2.75) is 32.9 Å². The van der Waals surface area contributed by atoms with E-state index in [-0.39, 0.29) is 16.6 Å². The van der Waals surface area contributed by atoms with Gasteiger partial charge in [-0.25, -0.2) is 0 Å². The van der Waals surface area contributed by atoms with E-state index in [2.05, 4.69) is 16.8 Å². The number of aromatic nitrogens is 2. The fraction of sp³-hybridized carbons (Fsp3) is 0.458. The van der Waals surface area contributed by atoms with Crippen molar-refractivity contribution in [2.75, 3.05) is 33.4 Å². The Morgan fingerprint density at radius 1 is 1.15 bits per heavy atom. The van der Waals surface area contributed by atoms with Crippen molar-refractivity contribution in [2.24, 2.45) is 5.92 Å². The van der Waals surface area contributed by atoms with Gasteiger partial charge < -0.3 is 14.6 Å². The Kier molecular flexibility index (Phi) is 6.43. The largest absolute Gasteiger partial charge is 0.494 e. The van der Waals surface area contributed by atoms with E-state index in [1.54, 1.807) is 18.2 Å². The van der Waals surface area contributed by atoms with Gasteiger partial charge in [-0.15, -0.1) is 0 Å². The lowest BCUT2D eigenvalue weighted by molar-refractivity contribution is -0.136. The summed E-state index contributed by atoms with van der Waals surface area (Å²) in [4.78, 5) is 6.53. The number of ether oxygens (including phenoxy) is 2. The van der Waals surface area contributed by atoms with E-state index >= 15 is 0 Å². The molecular formula is C24H28F3N3O3. The van der Waals surface area contributed by atoms with Crippen molar-refractivity contribution in [3.63, 3.8) is 0 Å². The van der Waals surface area contributed by atoms with E-state index in [4.69, 9.17) is 9.47 Å². The van der Waals surface area contributed by atoms with Gasteiger partial charge in [-0.2, -0.15) is 13.2 Å². The summed E-state index contributed by atoms with van der Waals surface area (Å²) < 4.78 is 53.4. The third-order valence-electron chi connectivity index (χ3n) is 6.15. The number of likely N-dealkylation sites (tertiary alicyclic amines) is 1. The van der Waals surface area contributed by atoms with Crippen LogP contribution in [0, 0.1) is 12.8 Å². The van der Waals surface area contributed by atoms with Crippen molar-refractivity contribution < 1.29 is 27.8 Å². The lowest BCUT2D eigenvalue weighted by Crippen LogP contribution is -2.35. The summed E-state index contributed by atoms with van der Waals surface area (Å²) in [5.41, 5.74) is -0.184. The standard InChI is InChI=1S/C24H28F3N3O3/c1-15-6-8-29(9-7-15)10-11-33-21-13-17(4-5-20(21)32-3)30-14-19-22(23(30)31)18(24(25,26)27)12-16(2)28-19/h4-5,12-15,31H,6-11H2,1-3H3. The normalized spacial score (nSPS) is 15.8. The molecule has 0 bridgehead atoms. The van der Waals surface area contributed by atoms with E-state index in [0.717, 1.165) is 31.6 Å². The second kappa shape index (κ2) is 9.13. The Bertz CT molecular complexity index is 1140. The maximum atomic E-state index is 13.6. The monoisotopic (exact) mass is 463 g/mol. The minimum Gasteiger partial charge on any atom is -0.494 e. The van der Waals surface area contributed by atoms with Crippen LogP contribution in [0.4, 0.5) is 13.2 Å². The van der Waals surface area contributed by atoms with Crippen molar-refractivity contribution in [3.05, 3.63) is 41.7 Å². The molecule has 0 saturated carbocycles. The molecule has 1 aliphatic heterocycles. The molecule has 33 heavy (non-hydrogen) atoms. The van der Waals surface area contributed by atoms with Crippen LogP contribution in [0.25, 0.3) is 16.6 Å². The number of piperidine rings is 1. The zero-order chi connectivity index (χ0) is 23.8. The average Bonchev–Trinajstić information content (AvgIpc) is 3.09. The molecular weight excluding hydrogens is 435 g/mol. The third kappa shape index (κ3) is 4.88. The van der Waals surface area contributed by atoms with Crippen molar-refractivity contribution in [3.8, 4) is 23.1 Å². The summed E-state index contributed by atoms with van der Waals surface area (Å²) in [6, 6.07) is 5.91. The molecule has 0 radical (unpaired) electrons. The minimum absolute atomic E-state index is 0.0671. The molecule has 0 unspecified atom stereocenters. The van der Waals surface area contributed by atoms with Crippen LogP contribution in [0.5, 0.6) is 17.4 Å². The number of rotatable bonds is 6. The summed E-state index contributed by atoms with van der Waals surface area (Å²) in [7, 11) is 1.53. The molecule has 178 valence electrons. The van der Waals surface area contributed by atoms with E-state index in [1.165, 1.54) is 37.6 Å². The minimum atomic E-state index is -4.62. The number of methoxy groups -OCH3 is 1. The number of alkyl halides is 3. The number of halogens is 3. The SMILES string of the molecule is COc1ccc(-n2cc3nc(C)cc(C(F)(F)F)c3c2O)cc1OCCN1CCC(C)CC1. The molecule has 6 nitrogen and oxygen atoms in total. The summed E-state index contributed by atoms with van der Waals surface area (Å²) >= 11 is 0. The first kappa shape index (κ1) is 23.2. The van der Waals surface area contributed by atoms with Crippen LogP contribution in [0.1, 0.15) is 31.0 Å². The quantitative estimate of drug-likeness (QED) is 0.546. The molecule has 9 heteroatoms. The highest BCUT2D eigenvalue weighted by Gasteiger charge is 2.35. The molecule has 1 fully saturated rings. The summed E-state index contributed by atoms with van der Waals surface area (Å²) in [5.74, 6) is 1.19. The number of aryl methyl sites for hydroxylation is 1. The first-order valence-corrected chi connectivity index (χ1v) is 11.0. The van der Waals surface area contributed by atoms with Gasteiger partial charge in [-0.1, -0.05) is 6.92 Å². The highest BCUT2D eigenvalue weighted by molar-refractivity contribution is 5.89. The van der Waals surface area contributed by atoms with Gasteiger partial charge in [0.05, 0.1) is 29.3 Å². The molecule has 1 aromatic carbocycles. The van der Waals surface area contributed by atoms with Crippen LogP contribution >= 0.6 is 0 Å². The predicted octanol–water partition coefficient (Wildman–Crippen LogP) is 5.18. The topological polar surface area (TPSA) is 59.8 Å². The molecule has 0 amide bonds. The van der Waals surface area contributed by atoms with Gasteiger partial charge in [0.15, 0.2) is 11.5 Å².